The minimum atomic E-state index is -0.249. The van der Waals surface area contributed by atoms with Crippen molar-refractivity contribution < 1.29 is 19.0 Å². The third kappa shape index (κ3) is 4.88. The number of esters is 1. The average molecular weight is 419 g/mol. The first-order chi connectivity index (χ1) is 12.5. The summed E-state index contributed by atoms with van der Waals surface area (Å²) < 4.78 is 16.3. The van der Waals surface area contributed by atoms with Crippen LogP contribution in [0.25, 0.3) is 5.57 Å². The Hall–Kier alpha value is -2.27. The molecule has 138 valence electrons. The van der Waals surface area contributed by atoms with Crippen molar-refractivity contribution in [3.8, 4) is 11.5 Å². The number of carbonyl (C=O) groups is 1. The zero-order valence-corrected chi connectivity index (χ0v) is 17.0. The van der Waals surface area contributed by atoms with Gasteiger partial charge in [0, 0.05) is 4.48 Å². The van der Waals surface area contributed by atoms with Crippen molar-refractivity contribution in [2.75, 3.05) is 21.3 Å². The first-order valence-corrected chi connectivity index (χ1v) is 9.04. The molecular weight excluding hydrogens is 396 g/mol. The predicted molar refractivity (Wildman–Crippen MR) is 107 cm³/mol. The lowest BCUT2D eigenvalue weighted by atomic mass is 9.94. The molecule has 2 rings (SSSR count). The van der Waals surface area contributed by atoms with Gasteiger partial charge in [0.1, 0.15) is 11.5 Å². The van der Waals surface area contributed by atoms with Gasteiger partial charge in [0.25, 0.3) is 0 Å². The number of methoxy groups -OCH3 is 3. The number of benzene rings is 2. The molecule has 0 spiro atoms. The van der Waals surface area contributed by atoms with Crippen molar-refractivity contribution in [1.82, 2.24) is 0 Å². The van der Waals surface area contributed by atoms with Crippen molar-refractivity contribution in [2.45, 2.75) is 13.3 Å². The molecule has 0 aliphatic rings. The van der Waals surface area contributed by atoms with Crippen molar-refractivity contribution in [1.29, 1.82) is 0 Å². The Labute approximate surface area is 162 Å². The molecule has 0 fully saturated rings. The molecule has 4 nitrogen and oxygen atoms in total. The molecule has 0 amide bonds. The van der Waals surface area contributed by atoms with Crippen LogP contribution in [0.1, 0.15) is 24.5 Å². The minimum absolute atomic E-state index is 0.231. The van der Waals surface area contributed by atoms with Crippen LogP contribution in [0, 0.1) is 5.92 Å². The summed E-state index contributed by atoms with van der Waals surface area (Å²) in [6.07, 6.45) is 0.542. The lowest BCUT2D eigenvalue weighted by Crippen LogP contribution is -2.12. The van der Waals surface area contributed by atoms with E-state index in [9.17, 15) is 4.79 Å². The molecule has 0 saturated heterocycles. The van der Waals surface area contributed by atoms with Gasteiger partial charge in [-0.3, -0.25) is 4.79 Å². The fraction of sp³-hybridized carbons (Fsp3) is 0.286. The summed E-state index contributed by atoms with van der Waals surface area (Å²) in [6, 6.07) is 15.7. The number of carbonyl (C=O) groups excluding carboxylic acids is 1. The lowest BCUT2D eigenvalue weighted by molar-refractivity contribution is -0.144. The SMILES string of the molecule is COC(=O)C(C)CC(Br)=C(c1ccc(OC)cc1)c1ccc(OC)cc1. The summed E-state index contributed by atoms with van der Waals surface area (Å²) in [6.45, 7) is 1.85. The van der Waals surface area contributed by atoms with Gasteiger partial charge in [0.15, 0.2) is 0 Å². The summed E-state index contributed by atoms with van der Waals surface area (Å²) in [5.41, 5.74) is 3.07. The van der Waals surface area contributed by atoms with Crippen molar-refractivity contribution in [2.24, 2.45) is 5.92 Å². The maximum Gasteiger partial charge on any atom is 0.308 e. The maximum absolute atomic E-state index is 11.8. The van der Waals surface area contributed by atoms with Crippen LogP contribution in [0.3, 0.4) is 0 Å². The van der Waals surface area contributed by atoms with E-state index >= 15 is 0 Å². The molecular formula is C21H23BrO4. The fourth-order valence-electron chi connectivity index (χ4n) is 2.65. The molecule has 1 unspecified atom stereocenters. The van der Waals surface area contributed by atoms with Crippen molar-refractivity contribution in [3.05, 3.63) is 64.1 Å². The van der Waals surface area contributed by atoms with Gasteiger partial charge in [-0.1, -0.05) is 47.1 Å². The molecule has 2 aromatic rings. The number of ether oxygens (including phenoxy) is 3. The first kappa shape index (κ1) is 20.0. The fourth-order valence-corrected chi connectivity index (χ4v) is 3.59. The summed E-state index contributed by atoms with van der Waals surface area (Å²) in [5.74, 6) is 1.11. The number of hydrogen-bond acceptors (Lipinski definition) is 4. The Balaban J connectivity index is 2.48. The summed E-state index contributed by atoms with van der Waals surface area (Å²) in [5, 5.41) is 0. The third-order valence-corrected chi connectivity index (χ3v) is 4.84. The molecule has 1 atom stereocenters. The first-order valence-electron chi connectivity index (χ1n) is 8.25. The maximum atomic E-state index is 11.8. The predicted octanol–water partition coefficient (Wildman–Crippen LogP) is 5.06. The van der Waals surface area contributed by atoms with E-state index in [2.05, 4.69) is 15.9 Å². The zero-order valence-electron chi connectivity index (χ0n) is 15.4. The second kappa shape index (κ2) is 9.43. The van der Waals surface area contributed by atoms with Crippen molar-refractivity contribution in [3.63, 3.8) is 0 Å². The second-order valence-electron chi connectivity index (χ2n) is 5.87. The minimum Gasteiger partial charge on any atom is -0.497 e. The van der Waals surface area contributed by atoms with E-state index in [0.29, 0.717) is 6.42 Å². The molecule has 5 heteroatoms. The average Bonchev–Trinajstić information content (AvgIpc) is 2.68. The van der Waals surface area contributed by atoms with E-state index in [1.54, 1.807) is 14.2 Å². The highest BCUT2D eigenvalue weighted by atomic mass is 79.9. The summed E-state index contributed by atoms with van der Waals surface area (Å²) in [7, 11) is 4.69. The number of rotatable bonds is 7. The molecule has 0 aliphatic heterocycles. The van der Waals surface area contributed by atoms with Gasteiger partial charge in [-0.15, -0.1) is 0 Å². The van der Waals surface area contributed by atoms with Crippen LogP contribution >= 0.6 is 15.9 Å². The Kier molecular flexibility index (Phi) is 7.27. The monoisotopic (exact) mass is 418 g/mol. The highest BCUT2D eigenvalue weighted by Crippen LogP contribution is 2.35. The Morgan fingerprint density at radius 2 is 1.31 bits per heavy atom. The van der Waals surface area contributed by atoms with Gasteiger partial charge in [-0.05, 0) is 47.4 Å². The normalized spacial score (nSPS) is 11.4. The Bertz CT molecular complexity index is 714. The van der Waals surface area contributed by atoms with Gasteiger partial charge in [0.2, 0.25) is 0 Å². The van der Waals surface area contributed by atoms with Crippen LogP contribution in [0.2, 0.25) is 0 Å². The Morgan fingerprint density at radius 1 is 0.885 bits per heavy atom. The second-order valence-corrected chi connectivity index (χ2v) is 6.82. The van der Waals surface area contributed by atoms with Gasteiger partial charge in [-0.2, -0.15) is 0 Å². The highest BCUT2D eigenvalue weighted by Gasteiger charge is 2.18. The van der Waals surface area contributed by atoms with Crippen molar-refractivity contribution >= 4 is 27.5 Å². The van der Waals surface area contributed by atoms with Crippen LogP contribution in [-0.2, 0) is 9.53 Å². The highest BCUT2D eigenvalue weighted by molar-refractivity contribution is 9.11. The standard InChI is InChI=1S/C21H23BrO4/c1-14(21(23)26-4)13-19(22)20(15-5-9-17(24-2)10-6-15)16-7-11-18(25-3)12-8-16/h5-12,14H,13H2,1-4H3. The number of hydrogen-bond donors (Lipinski definition) is 0. The van der Waals surface area contributed by atoms with E-state index in [4.69, 9.17) is 14.2 Å². The van der Waals surface area contributed by atoms with E-state index in [-0.39, 0.29) is 11.9 Å². The lowest BCUT2D eigenvalue weighted by Gasteiger charge is -2.16. The van der Waals surface area contributed by atoms with Gasteiger partial charge in [-0.25, -0.2) is 0 Å². The van der Waals surface area contributed by atoms with Gasteiger partial charge < -0.3 is 14.2 Å². The van der Waals surface area contributed by atoms with E-state index in [0.717, 1.165) is 32.7 Å². The molecule has 0 N–H and O–H groups in total. The van der Waals surface area contributed by atoms with Crippen LogP contribution in [0.5, 0.6) is 11.5 Å². The number of halogens is 1. The van der Waals surface area contributed by atoms with Crippen LogP contribution in [-0.4, -0.2) is 27.3 Å². The quantitative estimate of drug-likeness (QED) is 0.589. The molecule has 2 aromatic carbocycles. The van der Waals surface area contributed by atoms with Gasteiger partial charge >= 0.3 is 5.97 Å². The van der Waals surface area contributed by atoms with E-state index in [1.165, 1.54) is 7.11 Å². The van der Waals surface area contributed by atoms with E-state index in [1.807, 2.05) is 55.5 Å². The van der Waals surface area contributed by atoms with E-state index < -0.39 is 0 Å². The third-order valence-electron chi connectivity index (χ3n) is 4.12. The molecule has 0 bridgehead atoms. The largest absolute Gasteiger partial charge is 0.497 e. The topological polar surface area (TPSA) is 44.8 Å². The van der Waals surface area contributed by atoms with Crippen LogP contribution in [0.4, 0.5) is 0 Å². The summed E-state index contributed by atoms with van der Waals surface area (Å²) in [4.78, 5) is 11.8. The smallest absolute Gasteiger partial charge is 0.308 e. The number of allylic oxidation sites excluding steroid dienone is 1. The molecule has 0 radical (unpaired) electrons. The molecule has 0 aliphatic carbocycles. The Morgan fingerprint density at radius 3 is 1.65 bits per heavy atom. The molecule has 0 aromatic heterocycles. The molecule has 0 saturated carbocycles. The zero-order chi connectivity index (χ0) is 19.1. The van der Waals surface area contributed by atoms with Crippen LogP contribution in [0.15, 0.2) is 53.0 Å². The molecule has 26 heavy (non-hydrogen) atoms. The summed E-state index contributed by atoms with van der Waals surface area (Å²) >= 11 is 3.70. The van der Waals surface area contributed by atoms with Gasteiger partial charge in [0.05, 0.1) is 27.2 Å². The molecule has 0 heterocycles. The van der Waals surface area contributed by atoms with Crippen LogP contribution < -0.4 is 9.47 Å².